The molecular formula is C17H34ClN3O2. The van der Waals surface area contributed by atoms with Crippen LogP contribution < -0.4 is 5.73 Å². The molecule has 136 valence electrons. The zero-order chi connectivity index (χ0) is 16.3. The van der Waals surface area contributed by atoms with E-state index in [1.54, 1.807) is 0 Å². The molecule has 0 spiro atoms. The molecule has 2 fully saturated rings. The van der Waals surface area contributed by atoms with Crippen molar-refractivity contribution in [2.45, 2.75) is 58.8 Å². The number of likely N-dealkylation sites (tertiary alicyclic amines) is 1. The van der Waals surface area contributed by atoms with E-state index in [-0.39, 0.29) is 30.3 Å². The number of hydrogen-bond donors (Lipinski definition) is 1. The number of ether oxygens (including phenoxy) is 1. The lowest BCUT2D eigenvalue weighted by molar-refractivity contribution is -0.135. The van der Waals surface area contributed by atoms with Gasteiger partial charge in [-0.2, -0.15) is 0 Å². The van der Waals surface area contributed by atoms with E-state index in [0.29, 0.717) is 18.1 Å². The van der Waals surface area contributed by atoms with Crippen LogP contribution in [0.3, 0.4) is 0 Å². The Balaban J connectivity index is 0.00000264. The molecule has 3 atom stereocenters. The molecule has 0 aromatic heterocycles. The second-order valence-electron chi connectivity index (χ2n) is 7.51. The molecule has 6 heteroatoms. The van der Waals surface area contributed by atoms with Gasteiger partial charge in [0.1, 0.15) is 0 Å². The Kier molecular flexibility index (Phi) is 8.28. The average molecular weight is 348 g/mol. The topological polar surface area (TPSA) is 58.8 Å². The summed E-state index contributed by atoms with van der Waals surface area (Å²) in [6.45, 7) is 13.2. The minimum Gasteiger partial charge on any atom is -0.373 e. The highest BCUT2D eigenvalue weighted by atomic mass is 35.5. The van der Waals surface area contributed by atoms with E-state index in [9.17, 15) is 4.79 Å². The van der Waals surface area contributed by atoms with Gasteiger partial charge in [-0.3, -0.25) is 9.69 Å². The predicted molar refractivity (Wildman–Crippen MR) is 95.8 cm³/mol. The van der Waals surface area contributed by atoms with Gasteiger partial charge in [0.2, 0.25) is 5.91 Å². The van der Waals surface area contributed by atoms with Crippen LogP contribution in [0, 0.1) is 11.8 Å². The van der Waals surface area contributed by atoms with E-state index >= 15 is 0 Å². The third-order valence-electron chi connectivity index (χ3n) is 4.94. The van der Waals surface area contributed by atoms with E-state index in [1.165, 1.54) is 0 Å². The van der Waals surface area contributed by atoms with Gasteiger partial charge in [0, 0.05) is 32.7 Å². The maximum atomic E-state index is 12.3. The molecular weight excluding hydrogens is 314 g/mol. The van der Waals surface area contributed by atoms with Gasteiger partial charge in [-0.15, -0.1) is 12.4 Å². The quantitative estimate of drug-likeness (QED) is 0.841. The van der Waals surface area contributed by atoms with Crippen molar-refractivity contribution in [2.24, 2.45) is 17.6 Å². The summed E-state index contributed by atoms with van der Waals surface area (Å²) in [5.41, 5.74) is 5.99. The van der Waals surface area contributed by atoms with Crippen LogP contribution in [0.15, 0.2) is 0 Å². The van der Waals surface area contributed by atoms with Crippen LogP contribution in [0.25, 0.3) is 0 Å². The summed E-state index contributed by atoms with van der Waals surface area (Å²) in [7, 11) is 0. The zero-order valence-electron chi connectivity index (χ0n) is 15.0. The van der Waals surface area contributed by atoms with E-state index in [4.69, 9.17) is 10.5 Å². The summed E-state index contributed by atoms with van der Waals surface area (Å²) in [5.74, 6) is 1.03. The van der Waals surface area contributed by atoms with Crippen LogP contribution in [0.1, 0.15) is 40.5 Å². The Labute approximate surface area is 147 Å². The first-order valence-electron chi connectivity index (χ1n) is 8.79. The highest BCUT2D eigenvalue weighted by Crippen LogP contribution is 2.21. The zero-order valence-corrected chi connectivity index (χ0v) is 15.8. The second kappa shape index (κ2) is 9.21. The van der Waals surface area contributed by atoms with Crippen LogP contribution in [0.5, 0.6) is 0 Å². The molecule has 2 rings (SSSR count). The van der Waals surface area contributed by atoms with Crippen molar-refractivity contribution < 1.29 is 9.53 Å². The number of hydrogen-bond acceptors (Lipinski definition) is 4. The summed E-state index contributed by atoms with van der Waals surface area (Å²) in [6.07, 6.45) is 2.84. The summed E-state index contributed by atoms with van der Waals surface area (Å²) in [4.78, 5) is 16.8. The molecule has 2 heterocycles. The Morgan fingerprint density at radius 1 is 1.17 bits per heavy atom. The van der Waals surface area contributed by atoms with Crippen molar-refractivity contribution in [3.05, 3.63) is 0 Å². The molecule has 2 unspecified atom stereocenters. The van der Waals surface area contributed by atoms with Gasteiger partial charge < -0.3 is 15.4 Å². The highest BCUT2D eigenvalue weighted by Gasteiger charge is 2.30. The molecule has 1 amide bonds. The summed E-state index contributed by atoms with van der Waals surface area (Å²) < 4.78 is 5.79. The van der Waals surface area contributed by atoms with Gasteiger partial charge in [0.05, 0.1) is 18.2 Å². The van der Waals surface area contributed by atoms with Crippen molar-refractivity contribution in [2.75, 3.05) is 32.7 Å². The fourth-order valence-corrected chi connectivity index (χ4v) is 3.63. The average Bonchev–Trinajstić information content (AvgIpc) is 2.45. The third kappa shape index (κ3) is 5.89. The Hall–Kier alpha value is -0.360. The van der Waals surface area contributed by atoms with Gasteiger partial charge >= 0.3 is 0 Å². The Morgan fingerprint density at radius 2 is 1.70 bits per heavy atom. The van der Waals surface area contributed by atoms with Gasteiger partial charge in [-0.1, -0.05) is 13.8 Å². The van der Waals surface area contributed by atoms with Crippen molar-refractivity contribution in [3.8, 4) is 0 Å². The van der Waals surface area contributed by atoms with Crippen LogP contribution in [0.2, 0.25) is 0 Å². The number of carbonyl (C=O) groups excluding carboxylic acids is 1. The van der Waals surface area contributed by atoms with Crippen molar-refractivity contribution >= 4 is 18.3 Å². The van der Waals surface area contributed by atoms with E-state index in [0.717, 1.165) is 45.6 Å². The molecule has 0 aromatic carbocycles. The van der Waals surface area contributed by atoms with Crippen LogP contribution in [-0.4, -0.2) is 66.7 Å². The Bertz CT molecular complexity index is 363. The number of nitrogens with zero attached hydrogens (tertiary/aromatic N) is 2. The molecule has 2 saturated heterocycles. The van der Waals surface area contributed by atoms with Crippen LogP contribution >= 0.6 is 12.4 Å². The lowest BCUT2D eigenvalue weighted by Crippen LogP contribution is -2.51. The van der Waals surface area contributed by atoms with Gasteiger partial charge in [-0.05, 0) is 38.5 Å². The normalized spacial score (nSPS) is 28.5. The van der Waals surface area contributed by atoms with Gasteiger partial charge in [-0.25, -0.2) is 0 Å². The molecule has 2 aliphatic heterocycles. The van der Waals surface area contributed by atoms with E-state index < -0.39 is 0 Å². The summed E-state index contributed by atoms with van der Waals surface area (Å²) in [6, 6.07) is -0.350. The number of carbonyl (C=O) groups is 1. The third-order valence-corrected chi connectivity index (χ3v) is 4.94. The number of piperidine rings is 1. The number of nitrogens with two attached hydrogens (primary N) is 1. The predicted octanol–water partition coefficient (Wildman–Crippen LogP) is 1.74. The van der Waals surface area contributed by atoms with Gasteiger partial charge in [0.15, 0.2) is 0 Å². The van der Waals surface area contributed by atoms with Gasteiger partial charge in [0.25, 0.3) is 0 Å². The molecule has 2 aliphatic rings. The standard InChI is InChI=1S/C17H33N3O2.ClH/c1-12(2)16(18)17(21)20-7-5-15(6-8-20)11-19-9-13(3)22-14(4)10-19;/h12-16H,5-11,18H2,1-4H3;1H/t13?,14?,16-;/m0./s1. The molecule has 5 nitrogen and oxygen atoms in total. The minimum atomic E-state index is -0.350. The molecule has 0 aliphatic carbocycles. The monoisotopic (exact) mass is 347 g/mol. The fourth-order valence-electron chi connectivity index (χ4n) is 3.63. The molecule has 23 heavy (non-hydrogen) atoms. The smallest absolute Gasteiger partial charge is 0.239 e. The SMILES string of the molecule is CC1CN(CC2CCN(C(=O)[C@@H](N)C(C)C)CC2)CC(C)O1.Cl. The maximum Gasteiger partial charge on any atom is 0.239 e. The molecule has 0 radical (unpaired) electrons. The molecule has 0 bridgehead atoms. The number of morpholine rings is 1. The van der Waals surface area contributed by atoms with Crippen LogP contribution in [-0.2, 0) is 9.53 Å². The first-order chi connectivity index (χ1) is 10.4. The summed E-state index contributed by atoms with van der Waals surface area (Å²) in [5, 5.41) is 0. The summed E-state index contributed by atoms with van der Waals surface area (Å²) >= 11 is 0. The maximum absolute atomic E-state index is 12.3. The lowest BCUT2D eigenvalue weighted by Gasteiger charge is -2.40. The van der Waals surface area contributed by atoms with Crippen LogP contribution in [0.4, 0.5) is 0 Å². The van der Waals surface area contributed by atoms with Crippen molar-refractivity contribution in [3.63, 3.8) is 0 Å². The lowest BCUT2D eigenvalue weighted by atomic mass is 9.94. The fraction of sp³-hybridized carbons (Fsp3) is 0.941. The van der Waals surface area contributed by atoms with E-state index in [2.05, 4.69) is 18.7 Å². The van der Waals surface area contributed by atoms with Crippen molar-refractivity contribution in [1.29, 1.82) is 0 Å². The minimum absolute atomic E-state index is 0. The van der Waals surface area contributed by atoms with E-state index in [1.807, 2.05) is 18.7 Å². The highest BCUT2D eigenvalue weighted by molar-refractivity contribution is 5.85. The molecule has 0 aromatic rings. The number of rotatable bonds is 4. The Morgan fingerprint density at radius 3 is 2.17 bits per heavy atom. The number of halogens is 1. The largest absolute Gasteiger partial charge is 0.373 e. The number of amides is 1. The molecule has 0 saturated carbocycles. The van der Waals surface area contributed by atoms with Crippen molar-refractivity contribution in [1.82, 2.24) is 9.80 Å². The first-order valence-corrected chi connectivity index (χ1v) is 8.79. The first kappa shape index (κ1) is 20.7. The molecule has 2 N–H and O–H groups in total. The second-order valence-corrected chi connectivity index (χ2v) is 7.51.